The van der Waals surface area contributed by atoms with E-state index in [1.807, 2.05) is 24.3 Å². The fourth-order valence-corrected chi connectivity index (χ4v) is 1.81. The first-order valence-electron chi connectivity index (χ1n) is 4.69. The Labute approximate surface area is 88.3 Å². The normalized spacial score (nSPS) is 11.2. The van der Waals surface area contributed by atoms with Crippen molar-refractivity contribution in [3.8, 4) is 0 Å². The second-order valence-electron chi connectivity index (χ2n) is 3.53. The molecule has 0 fully saturated rings. The molecule has 16 heavy (non-hydrogen) atoms. The van der Waals surface area contributed by atoms with Gasteiger partial charge in [0.25, 0.3) is 5.56 Å². The summed E-state index contributed by atoms with van der Waals surface area (Å²) in [5, 5.41) is 0.798. The lowest BCUT2D eigenvalue weighted by Crippen LogP contribution is -2.40. The van der Waals surface area contributed by atoms with Gasteiger partial charge in [-0.1, -0.05) is 18.2 Å². The van der Waals surface area contributed by atoms with Crippen LogP contribution in [0.1, 0.15) is 0 Å². The Balaban J connectivity index is 2.72. The fraction of sp³-hybridized carbons (Fsp3) is 0. The summed E-state index contributed by atoms with van der Waals surface area (Å²) in [7, 11) is 0. The van der Waals surface area contributed by atoms with E-state index in [4.69, 9.17) is 5.84 Å². The fourth-order valence-electron chi connectivity index (χ4n) is 1.81. The number of nitrogens with two attached hydrogens (primary N) is 1. The van der Waals surface area contributed by atoms with Crippen molar-refractivity contribution in [3.63, 3.8) is 0 Å². The monoisotopic (exact) mass is 216 g/mol. The van der Waals surface area contributed by atoms with E-state index in [1.165, 1.54) is 0 Å². The Kier molecular flexibility index (Phi) is 1.51. The highest BCUT2D eigenvalue weighted by molar-refractivity contribution is 6.04. The summed E-state index contributed by atoms with van der Waals surface area (Å²) in [6.45, 7) is 0. The first-order valence-corrected chi connectivity index (χ1v) is 4.69. The van der Waals surface area contributed by atoms with Crippen molar-refractivity contribution in [1.29, 1.82) is 0 Å². The Hall–Kier alpha value is -2.50. The number of hydrogen-bond donors (Lipinski definition) is 3. The number of hydrogen-bond acceptors (Lipinski definition) is 3. The molecule has 0 amide bonds. The highest BCUT2D eigenvalue weighted by atomic mass is 16.2. The molecule has 0 saturated heterocycles. The van der Waals surface area contributed by atoms with Crippen molar-refractivity contribution in [2.24, 2.45) is 0 Å². The topological polar surface area (TPSA) is 96.7 Å². The van der Waals surface area contributed by atoms with Gasteiger partial charge in [0.2, 0.25) is 0 Å². The van der Waals surface area contributed by atoms with Crippen LogP contribution in [0.25, 0.3) is 21.9 Å². The number of fused-ring (bicyclic) bond motifs is 3. The Morgan fingerprint density at radius 2 is 1.81 bits per heavy atom. The smallest absolute Gasteiger partial charge is 0.347 e. The Morgan fingerprint density at radius 3 is 2.62 bits per heavy atom. The molecule has 0 bridgehead atoms. The van der Waals surface area contributed by atoms with Crippen LogP contribution in [-0.2, 0) is 0 Å². The molecule has 3 rings (SSSR count). The SMILES string of the molecule is Nn1c(=O)[nH]c2c([nH]c3ccccc32)c1=O. The lowest BCUT2D eigenvalue weighted by Gasteiger charge is -1.95. The quantitative estimate of drug-likeness (QED) is 0.457. The Bertz CT molecular complexity index is 809. The molecule has 80 valence electrons. The Morgan fingerprint density at radius 1 is 1.06 bits per heavy atom. The van der Waals surface area contributed by atoms with Crippen LogP contribution in [0.4, 0.5) is 0 Å². The third-order valence-electron chi connectivity index (χ3n) is 2.59. The van der Waals surface area contributed by atoms with Gasteiger partial charge in [-0.2, -0.15) is 4.68 Å². The second-order valence-corrected chi connectivity index (χ2v) is 3.53. The first-order chi connectivity index (χ1) is 7.68. The third kappa shape index (κ3) is 0.952. The molecule has 2 aromatic heterocycles. The van der Waals surface area contributed by atoms with E-state index in [2.05, 4.69) is 9.97 Å². The zero-order chi connectivity index (χ0) is 11.3. The number of para-hydroxylation sites is 1. The standard InChI is InChI=1S/C10H8N4O2/c11-14-9(15)8-7(13-10(14)16)5-3-1-2-4-6(5)12-8/h1-4,12H,11H2,(H,13,16). The van der Waals surface area contributed by atoms with Gasteiger partial charge >= 0.3 is 5.69 Å². The van der Waals surface area contributed by atoms with Crippen molar-refractivity contribution < 1.29 is 0 Å². The molecule has 4 N–H and O–H groups in total. The molecule has 0 unspecified atom stereocenters. The average molecular weight is 216 g/mol. The number of H-pyrrole nitrogens is 2. The van der Waals surface area contributed by atoms with Crippen molar-refractivity contribution in [3.05, 3.63) is 45.1 Å². The summed E-state index contributed by atoms with van der Waals surface area (Å²) < 4.78 is 0.553. The van der Waals surface area contributed by atoms with Crippen LogP contribution in [0.3, 0.4) is 0 Å². The van der Waals surface area contributed by atoms with E-state index in [9.17, 15) is 9.59 Å². The van der Waals surface area contributed by atoms with E-state index in [0.29, 0.717) is 15.7 Å². The number of aromatic nitrogens is 3. The molecule has 0 aliphatic carbocycles. The van der Waals surface area contributed by atoms with Crippen molar-refractivity contribution in [1.82, 2.24) is 14.6 Å². The summed E-state index contributed by atoms with van der Waals surface area (Å²) in [5.74, 6) is 5.31. The van der Waals surface area contributed by atoms with Crippen molar-refractivity contribution in [2.45, 2.75) is 0 Å². The van der Waals surface area contributed by atoms with Gasteiger partial charge < -0.3 is 15.8 Å². The number of nitrogens with one attached hydrogen (secondary N) is 2. The molecule has 2 heterocycles. The number of nitrogens with zero attached hydrogens (tertiary/aromatic N) is 1. The zero-order valence-corrected chi connectivity index (χ0v) is 8.15. The van der Waals surface area contributed by atoms with Gasteiger partial charge in [0.05, 0.1) is 5.52 Å². The molecular weight excluding hydrogens is 208 g/mol. The van der Waals surface area contributed by atoms with Crippen LogP contribution < -0.4 is 17.1 Å². The van der Waals surface area contributed by atoms with Gasteiger partial charge in [-0.15, -0.1) is 0 Å². The number of rotatable bonds is 0. The van der Waals surface area contributed by atoms with E-state index < -0.39 is 11.2 Å². The minimum absolute atomic E-state index is 0.309. The first kappa shape index (κ1) is 8.78. The lowest BCUT2D eigenvalue weighted by molar-refractivity contribution is 0.855. The summed E-state index contributed by atoms with van der Waals surface area (Å²) in [6, 6.07) is 7.33. The predicted molar refractivity (Wildman–Crippen MR) is 60.8 cm³/mol. The van der Waals surface area contributed by atoms with E-state index in [0.717, 1.165) is 10.9 Å². The second kappa shape index (κ2) is 2.75. The van der Waals surface area contributed by atoms with E-state index in [-0.39, 0.29) is 0 Å². The van der Waals surface area contributed by atoms with E-state index >= 15 is 0 Å². The van der Waals surface area contributed by atoms with Gasteiger partial charge in [0.15, 0.2) is 0 Å². The van der Waals surface area contributed by atoms with Gasteiger partial charge in [-0.05, 0) is 6.07 Å². The zero-order valence-electron chi connectivity index (χ0n) is 8.15. The van der Waals surface area contributed by atoms with Crippen LogP contribution in [-0.4, -0.2) is 14.6 Å². The maximum atomic E-state index is 11.7. The minimum atomic E-state index is -0.623. The van der Waals surface area contributed by atoms with Crippen molar-refractivity contribution in [2.75, 3.05) is 5.84 Å². The average Bonchev–Trinajstić information content (AvgIpc) is 2.65. The number of nitrogen functional groups attached to an aromatic ring is 1. The molecule has 0 spiro atoms. The molecule has 0 aliphatic heterocycles. The highest BCUT2D eigenvalue weighted by Crippen LogP contribution is 2.19. The van der Waals surface area contributed by atoms with Crippen molar-refractivity contribution >= 4 is 21.9 Å². The summed E-state index contributed by atoms with van der Waals surface area (Å²) in [6.07, 6.45) is 0. The number of aromatic amines is 2. The van der Waals surface area contributed by atoms with Gasteiger partial charge in [-0.25, -0.2) is 4.79 Å². The third-order valence-corrected chi connectivity index (χ3v) is 2.59. The molecule has 0 radical (unpaired) electrons. The number of benzene rings is 1. The molecule has 0 saturated carbocycles. The lowest BCUT2D eigenvalue weighted by atomic mass is 10.2. The maximum Gasteiger partial charge on any atom is 0.347 e. The molecule has 1 aromatic carbocycles. The molecule has 0 aliphatic rings. The highest BCUT2D eigenvalue weighted by Gasteiger charge is 2.10. The van der Waals surface area contributed by atoms with E-state index in [1.54, 1.807) is 0 Å². The van der Waals surface area contributed by atoms with Crippen LogP contribution in [0.15, 0.2) is 33.9 Å². The molecule has 6 heteroatoms. The van der Waals surface area contributed by atoms with Gasteiger partial charge in [0, 0.05) is 10.9 Å². The minimum Gasteiger partial charge on any atom is -0.349 e. The molecule has 3 aromatic rings. The molecular formula is C10H8N4O2. The maximum absolute atomic E-state index is 11.7. The molecule has 0 atom stereocenters. The predicted octanol–water partition coefficient (Wildman–Crippen LogP) is -0.115. The van der Waals surface area contributed by atoms with Crippen LogP contribution in [0.5, 0.6) is 0 Å². The molecule has 6 nitrogen and oxygen atoms in total. The van der Waals surface area contributed by atoms with Crippen LogP contribution >= 0.6 is 0 Å². The summed E-state index contributed by atoms with van der Waals surface area (Å²) >= 11 is 0. The largest absolute Gasteiger partial charge is 0.349 e. The summed E-state index contributed by atoms with van der Waals surface area (Å²) in [5.41, 5.74) is 0.434. The summed E-state index contributed by atoms with van der Waals surface area (Å²) in [4.78, 5) is 28.6. The van der Waals surface area contributed by atoms with Crippen LogP contribution in [0, 0.1) is 0 Å². The van der Waals surface area contributed by atoms with Gasteiger partial charge in [0.1, 0.15) is 5.52 Å². The van der Waals surface area contributed by atoms with Crippen LogP contribution in [0.2, 0.25) is 0 Å². The van der Waals surface area contributed by atoms with Gasteiger partial charge in [-0.3, -0.25) is 4.79 Å².